The maximum absolute atomic E-state index is 12.2. The number of carbonyl (C=O) groups excluding carboxylic acids is 1. The van der Waals surface area contributed by atoms with E-state index in [0.717, 1.165) is 12.2 Å². The monoisotopic (exact) mass is 313 g/mol. The van der Waals surface area contributed by atoms with Crippen molar-refractivity contribution >= 4 is 23.6 Å². The molecule has 1 heterocycles. The Hall–Kier alpha value is -1.43. The van der Waals surface area contributed by atoms with E-state index in [1.165, 1.54) is 0 Å². The Kier molecular flexibility index (Phi) is 6.81. The molecular weight excluding hydrogens is 290 g/mol. The highest BCUT2D eigenvalue weighted by atomic mass is 32.2. The van der Waals surface area contributed by atoms with Crippen molar-refractivity contribution in [3.63, 3.8) is 0 Å². The quantitative estimate of drug-likeness (QED) is 0.771. The predicted octanol–water partition coefficient (Wildman–Crippen LogP) is 2.72. The molecule has 0 unspecified atom stereocenters. The van der Waals surface area contributed by atoms with Crippen LogP contribution >= 0.6 is 11.8 Å². The number of furan rings is 1. The van der Waals surface area contributed by atoms with Gasteiger partial charge in [0.2, 0.25) is 0 Å². The summed E-state index contributed by atoms with van der Waals surface area (Å²) in [6, 6.07) is 0.839. The van der Waals surface area contributed by atoms with Gasteiger partial charge in [-0.25, -0.2) is 4.79 Å². The lowest BCUT2D eigenvalue weighted by Crippen LogP contribution is -2.41. The molecule has 0 radical (unpaired) electrons. The lowest BCUT2D eigenvalue weighted by molar-refractivity contribution is -0.139. The number of thioether (sulfide) groups is 1. The average Bonchev–Trinajstić information content (AvgIpc) is 2.73. The van der Waals surface area contributed by atoms with E-state index < -0.39 is 12.0 Å². The van der Waals surface area contributed by atoms with Crippen LogP contribution < -0.4 is 5.32 Å². The zero-order valence-corrected chi connectivity index (χ0v) is 13.8. The van der Waals surface area contributed by atoms with Crippen LogP contribution in [0.25, 0.3) is 0 Å². The fourth-order valence-corrected chi connectivity index (χ4v) is 2.47. The fourth-order valence-electron chi connectivity index (χ4n) is 2.00. The van der Waals surface area contributed by atoms with Crippen LogP contribution in [0.1, 0.15) is 42.1 Å². The zero-order valence-electron chi connectivity index (χ0n) is 12.9. The van der Waals surface area contributed by atoms with Crippen LogP contribution in [-0.2, 0) is 11.2 Å². The molecule has 1 rings (SSSR count). The summed E-state index contributed by atoms with van der Waals surface area (Å²) in [5, 5.41) is 11.7. The third kappa shape index (κ3) is 5.46. The number of aliphatic carboxylic acids is 1. The molecule has 1 aromatic heterocycles. The van der Waals surface area contributed by atoms with Crippen molar-refractivity contribution in [1.29, 1.82) is 0 Å². The first-order chi connectivity index (χ1) is 9.85. The van der Waals surface area contributed by atoms with Gasteiger partial charge in [0.15, 0.2) is 0 Å². The van der Waals surface area contributed by atoms with Gasteiger partial charge in [0.05, 0.1) is 5.56 Å². The van der Waals surface area contributed by atoms with E-state index in [2.05, 4.69) is 19.2 Å². The highest BCUT2D eigenvalue weighted by Crippen LogP contribution is 2.18. The first-order valence-corrected chi connectivity index (χ1v) is 8.36. The third-order valence-corrected chi connectivity index (χ3v) is 3.68. The third-order valence-electron chi connectivity index (χ3n) is 3.04. The number of carboxylic acid groups (broad SMARTS) is 1. The predicted molar refractivity (Wildman–Crippen MR) is 83.9 cm³/mol. The lowest BCUT2D eigenvalue weighted by atomic mass is 10.1. The largest absolute Gasteiger partial charge is 0.480 e. The van der Waals surface area contributed by atoms with Crippen LogP contribution in [0.4, 0.5) is 0 Å². The first kappa shape index (κ1) is 17.6. The molecule has 0 aliphatic rings. The summed E-state index contributed by atoms with van der Waals surface area (Å²) >= 11 is 1.55. The second-order valence-electron chi connectivity index (χ2n) is 5.43. The van der Waals surface area contributed by atoms with Crippen molar-refractivity contribution in [2.24, 2.45) is 5.92 Å². The number of carboxylic acids is 1. The van der Waals surface area contributed by atoms with Gasteiger partial charge in [-0.1, -0.05) is 13.8 Å². The van der Waals surface area contributed by atoms with Crippen molar-refractivity contribution in [2.75, 3.05) is 12.0 Å². The van der Waals surface area contributed by atoms with Gasteiger partial charge in [0, 0.05) is 6.42 Å². The number of amides is 1. The molecule has 118 valence electrons. The second kappa shape index (κ2) is 8.12. The van der Waals surface area contributed by atoms with Gasteiger partial charge in [-0.3, -0.25) is 4.79 Å². The Bertz CT molecular complexity index is 496. The van der Waals surface area contributed by atoms with Crippen LogP contribution in [0.2, 0.25) is 0 Å². The Morgan fingerprint density at radius 3 is 2.62 bits per heavy atom. The number of nitrogens with one attached hydrogen (secondary N) is 1. The van der Waals surface area contributed by atoms with E-state index in [1.807, 2.05) is 6.26 Å². The van der Waals surface area contributed by atoms with Crippen LogP contribution in [0.5, 0.6) is 0 Å². The van der Waals surface area contributed by atoms with Gasteiger partial charge in [0.25, 0.3) is 5.91 Å². The van der Waals surface area contributed by atoms with Gasteiger partial charge in [0.1, 0.15) is 17.6 Å². The molecule has 0 aliphatic heterocycles. The minimum Gasteiger partial charge on any atom is -0.480 e. The van der Waals surface area contributed by atoms with Gasteiger partial charge in [-0.2, -0.15) is 11.8 Å². The van der Waals surface area contributed by atoms with Crippen LogP contribution in [-0.4, -0.2) is 35.0 Å². The number of aryl methyl sites for hydroxylation is 1. The molecule has 21 heavy (non-hydrogen) atoms. The van der Waals surface area contributed by atoms with Crippen molar-refractivity contribution in [3.05, 3.63) is 23.2 Å². The van der Waals surface area contributed by atoms with Crippen molar-refractivity contribution < 1.29 is 19.1 Å². The maximum Gasteiger partial charge on any atom is 0.326 e. The number of hydrogen-bond donors (Lipinski definition) is 2. The molecule has 0 saturated heterocycles. The second-order valence-corrected chi connectivity index (χ2v) is 6.41. The number of rotatable bonds is 8. The van der Waals surface area contributed by atoms with E-state index in [1.54, 1.807) is 24.8 Å². The van der Waals surface area contributed by atoms with E-state index in [0.29, 0.717) is 29.4 Å². The summed E-state index contributed by atoms with van der Waals surface area (Å²) in [6.45, 7) is 5.86. The molecule has 1 aromatic rings. The summed E-state index contributed by atoms with van der Waals surface area (Å²) in [6.07, 6.45) is 3.06. The SMILES string of the molecule is CSCC[C@@H](NC(=O)c1cc(CC(C)C)oc1C)C(=O)O. The van der Waals surface area contributed by atoms with E-state index in [4.69, 9.17) is 9.52 Å². The van der Waals surface area contributed by atoms with E-state index >= 15 is 0 Å². The zero-order chi connectivity index (χ0) is 16.0. The molecule has 0 fully saturated rings. The standard InChI is InChI=1S/C15H23NO4S/c1-9(2)7-11-8-12(10(3)20-11)14(17)16-13(15(18)19)5-6-21-4/h8-9,13H,5-7H2,1-4H3,(H,16,17)(H,18,19)/t13-/m1/s1. The minimum atomic E-state index is -1.01. The summed E-state index contributed by atoms with van der Waals surface area (Å²) in [7, 11) is 0. The Morgan fingerprint density at radius 2 is 2.10 bits per heavy atom. The van der Waals surface area contributed by atoms with Crippen molar-refractivity contribution in [1.82, 2.24) is 5.32 Å². The van der Waals surface area contributed by atoms with Crippen molar-refractivity contribution in [3.8, 4) is 0 Å². The van der Waals surface area contributed by atoms with Crippen molar-refractivity contribution in [2.45, 2.75) is 39.7 Å². The normalized spacial score (nSPS) is 12.4. The molecule has 0 bridgehead atoms. The fraction of sp³-hybridized carbons (Fsp3) is 0.600. The lowest BCUT2D eigenvalue weighted by Gasteiger charge is -2.13. The summed E-state index contributed by atoms with van der Waals surface area (Å²) < 4.78 is 5.56. The molecule has 6 heteroatoms. The minimum absolute atomic E-state index is 0.389. The summed E-state index contributed by atoms with van der Waals surface area (Å²) in [5.74, 6) is 0.988. The van der Waals surface area contributed by atoms with E-state index in [-0.39, 0.29) is 5.91 Å². The highest BCUT2D eigenvalue weighted by molar-refractivity contribution is 7.98. The molecule has 1 amide bonds. The molecule has 0 saturated carbocycles. The Morgan fingerprint density at radius 1 is 1.43 bits per heavy atom. The molecule has 0 spiro atoms. The highest BCUT2D eigenvalue weighted by Gasteiger charge is 2.23. The molecule has 0 aliphatic carbocycles. The molecule has 1 atom stereocenters. The molecule has 5 nitrogen and oxygen atoms in total. The smallest absolute Gasteiger partial charge is 0.326 e. The molecule has 0 aromatic carbocycles. The van der Waals surface area contributed by atoms with Crippen LogP contribution in [0.3, 0.4) is 0 Å². The van der Waals surface area contributed by atoms with Gasteiger partial charge >= 0.3 is 5.97 Å². The number of carbonyl (C=O) groups is 2. The van der Waals surface area contributed by atoms with Crippen LogP contribution in [0, 0.1) is 12.8 Å². The summed E-state index contributed by atoms with van der Waals surface area (Å²) in [4.78, 5) is 23.4. The Labute approximate surface area is 129 Å². The van der Waals surface area contributed by atoms with Gasteiger partial charge < -0.3 is 14.8 Å². The topological polar surface area (TPSA) is 79.5 Å². The Balaban J connectivity index is 2.77. The molecular formula is C15H23NO4S. The number of hydrogen-bond acceptors (Lipinski definition) is 4. The van der Waals surface area contributed by atoms with E-state index in [9.17, 15) is 9.59 Å². The van der Waals surface area contributed by atoms with Gasteiger partial charge in [-0.05, 0) is 37.3 Å². The first-order valence-electron chi connectivity index (χ1n) is 6.97. The average molecular weight is 313 g/mol. The molecule has 2 N–H and O–H groups in total. The van der Waals surface area contributed by atoms with Crippen LogP contribution in [0.15, 0.2) is 10.5 Å². The summed E-state index contributed by atoms with van der Waals surface area (Å²) in [5.41, 5.74) is 0.418. The maximum atomic E-state index is 12.2. The van der Waals surface area contributed by atoms with Gasteiger partial charge in [-0.15, -0.1) is 0 Å².